The molecule has 2 aromatic heterocycles. The molecular formula is C48H48F3N9O7S. The number of ketones is 1. The van der Waals surface area contributed by atoms with E-state index in [2.05, 4.69) is 36.6 Å². The van der Waals surface area contributed by atoms with Gasteiger partial charge in [-0.3, -0.25) is 33.7 Å². The molecule has 3 N–H and O–H groups in total. The molecule has 2 atom stereocenters. The maximum atomic E-state index is 15.8. The SMILES string of the molecule is C=C1CCC(N2C(=O)c3cc(N4CCC(N5CCN(c6ccc(-c7cnc8[nH]cc(C(=O)c9c(F)ccc(NS(=O)(=O)N%10CC[C@@H](F)C%10)c9F)c8c7)cc6)CC5)CC4)cc(OC)c3C2=O)C(=O)N1. The molecule has 0 bridgehead atoms. The van der Waals surface area contributed by atoms with Gasteiger partial charge in [0, 0.05) is 110 Å². The van der Waals surface area contributed by atoms with Gasteiger partial charge < -0.3 is 24.8 Å². The summed E-state index contributed by atoms with van der Waals surface area (Å²) < 4.78 is 78.8. The van der Waals surface area contributed by atoms with E-state index < -0.39 is 75.4 Å². The highest BCUT2D eigenvalue weighted by molar-refractivity contribution is 7.90. The Morgan fingerprint density at radius 1 is 0.868 bits per heavy atom. The molecule has 4 saturated heterocycles. The number of carbonyl (C=O) groups excluding carboxylic acids is 4. The average Bonchev–Trinajstić information content (AvgIpc) is 4.05. The van der Waals surface area contributed by atoms with Crippen molar-refractivity contribution in [2.24, 2.45) is 0 Å². The summed E-state index contributed by atoms with van der Waals surface area (Å²) >= 11 is 0. The van der Waals surface area contributed by atoms with E-state index in [1.807, 2.05) is 29.0 Å². The van der Waals surface area contributed by atoms with Crippen molar-refractivity contribution in [2.75, 3.05) is 74.0 Å². The van der Waals surface area contributed by atoms with Gasteiger partial charge in [0.25, 0.3) is 11.8 Å². The number of halogens is 3. The Kier molecular flexibility index (Phi) is 11.7. The van der Waals surface area contributed by atoms with Gasteiger partial charge in [-0.05, 0) is 74.1 Å². The zero-order valence-corrected chi connectivity index (χ0v) is 37.9. The monoisotopic (exact) mass is 951 g/mol. The molecule has 68 heavy (non-hydrogen) atoms. The van der Waals surface area contributed by atoms with Crippen molar-refractivity contribution >= 4 is 61.8 Å². The summed E-state index contributed by atoms with van der Waals surface area (Å²) in [6.45, 7) is 8.17. The Morgan fingerprint density at radius 3 is 2.29 bits per heavy atom. The van der Waals surface area contributed by atoms with Crippen molar-refractivity contribution in [1.29, 1.82) is 0 Å². The number of ether oxygens (including phenoxy) is 1. The highest BCUT2D eigenvalue weighted by Crippen LogP contribution is 2.39. The fraction of sp³-hybridized carbons (Fsp3) is 0.354. The van der Waals surface area contributed by atoms with Gasteiger partial charge in [-0.1, -0.05) is 18.7 Å². The second kappa shape index (κ2) is 17.7. The predicted octanol–water partition coefficient (Wildman–Crippen LogP) is 5.63. The number of imide groups is 1. The maximum absolute atomic E-state index is 15.8. The Balaban J connectivity index is 0.764. The summed E-state index contributed by atoms with van der Waals surface area (Å²) in [4.78, 5) is 69.2. The highest BCUT2D eigenvalue weighted by atomic mass is 32.2. The number of aromatic nitrogens is 2. The van der Waals surface area contributed by atoms with Crippen molar-refractivity contribution in [2.45, 2.75) is 50.4 Å². The summed E-state index contributed by atoms with van der Waals surface area (Å²) in [5, 5.41) is 2.99. The first kappa shape index (κ1) is 45.0. The van der Waals surface area contributed by atoms with E-state index in [-0.39, 0.29) is 29.7 Å². The first-order valence-electron chi connectivity index (χ1n) is 22.5. The molecule has 4 fully saturated rings. The van der Waals surface area contributed by atoms with E-state index >= 15 is 8.78 Å². The number of nitrogens with one attached hydrogen (secondary N) is 3. The van der Waals surface area contributed by atoms with E-state index in [0.29, 0.717) is 46.9 Å². The topological polar surface area (TPSA) is 181 Å². The molecule has 0 spiro atoms. The number of hydrogen-bond acceptors (Lipinski definition) is 11. The quantitative estimate of drug-likeness (QED) is 0.110. The molecule has 0 aliphatic carbocycles. The van der Waals surface area contributed by atoms with Crippen LogP contribution in [-0.4, -0.2) is 134 Å². The average molecular weight is 952 g/mol. The summed E-state index contributed by atoms with van der Waals surface area (Å²) in [7, 11) is -2.90. The van der Waals surface area contributed by atoms with Crippen LogP contribution in [0.3, 0.4) is 0 Å². The molecule has 5 aliphatic rings. The number of H-pyrrole nitrogens is 1. The zero-order valence-electron chi connectivity index (χ0n) is 37.1. The van der Waals surface area contributed by atoms with Crippen LogP contribution in [0.15, 0.2) is 79.3 Å². The molecule has 7 heterocycles. The largest absolute Gasteiger partial charge is 0.496 e. The first-order valence-corrected chi connectivity index (χ1v) is 24.0. The molecule has 20 heteroatoms. The number of pyridine rings is 1. The third kappa shape index (κ3) is 8.12. The van der Waals surface area contributed by atoms with Crippen LogP contribution in [0, 0.1) is 11.6 Å². The lowest BCUT2D eigenvalue weighted by atomic mass is 9.99. The Hall–Kier alpha value is -6.77. The minimum absolute atomic E-state index is 0.00333. The Labute approximate surface area is 389 Å². The standard InChI is InChI=1S/C48H48F3N9O7S/c1-27-3-10-39(46(62)54-27)60-47(63)35-22-33(23-40(67-2)41(35)48(60)64)56-14-12-32(13-15-56)58-19-17-57(18-20-58)31-6-4-28(5-7-31)29-21-34-36(25-53-45(34)52-24-29)44(61)42-37(50)8-9-38(43(42)51)55-68(65,66)59-16-11-30(49)26-59/h4-9,21-25,30,32,39,55H,1,3,10-20,26H2,2H3,(H,52,53)(H,54,62)/t30-,39?/m1/s1. The molecule has 10 rings (SSSR count). The first-order chi connectivity index (χ1) is 32.7. The van der Waals surface area contributed by atoms with Crippen LogP contribution < -0.4 is 24.6 Å². The number of rotatable bonds is 11. The molecular weight excluding hydrogens is 904 g/mol. The van der Waals surface area contributed by atoms with E-state index in [4.69, 9.17) is 4.74 Å². The number of amides is 3. The number of piperidine rings is 2. The summed E-state index contributed by atoms with van der Waals surface area (Å²) in [5.74, 6) is -4.72. The minimum atomic E-state index is -4.37. The third-order valence-corrected chi connectivity index (χ3v) is 15.3. The molecule has 3 aromatic carbocycles. The molecule has 3 amide bonds. The normalized spacial score (nSPS) is 20.9. The second-order valence-corrected chi connectivity index (χ2v) is 19.4. The smallest absolute Gasteiger partial charge is 0.301 e. The second-order valence-electron chi connectivity index (χ2n) is 17.8. The third-order valence-electron chi connectivity index (χ3n) is 13.8. The van der Waals surface area contributed by atoms with E-state index in [9.17, 15) is 32.0 Å². The van der Waals surface area contributed by atoms with Crippen LogP contribution in [0.4, 0.5) is 30.2 Å². The van der Waals surface area contributed by atoms with Crippen molar-refractivity contribution in [3.05, 3.63) is 113 Å². The van der Waals surface area contributed by atoms with Crippen LogP contribution in [0.5, 0.6) is 5.75 Å². The van der Waals surface area contributed by atoms with Crippen LogP contribution in [0.25, 0.3) is 22.2 Å². The molecule has 16 nitrogen and oxygen atoms in total. The van der Waals surface area contributed by atoms with Gasteiger partial charge in [-0.15, -0.1) is 0 Å². The van der Waals surface area contributed by atoms with Gasteiger partial charge in [0.2, 0.25) is 11.7 Å². The number of carbonyl (C=O) groups is 4. The van der Waals surface area contributed by atoms with Crippen LogP contribution in [0.2, 0.25) is 0 Å². The van der Waals surface area contributed by atoms with Gasteiger partial charge in [-0.25, -0.2) is 18.2 Å². The van der Waals surface area contributed by atoms with Crippen LogP contribution >= 0.6 is 0 Å². The Bertz CT molecular complexity index is 3010. The zero-order chi connectivity index (χ0) is 47.6. The van der Waals surface area contributed by atoms with Crippen molar-refractivity contribution in [1.82, 2.24) is 29.4 Å². The minimum Gasteiger partial charge on any atom is -0.496 e. The fourth-order valence-corrected chi connectivity index (χ4v) is 11.4. The van der Waals surface area contributed by atoms with Crippen LogP contribution in [-0.2, 0) is 15.0 Å². The molecule has 0 radical (unpaired) electrons. The number of hydrogen-bond donors (Lipinski definition) is 3. The van der Waals surface area contributed by atoms with E-state index in [1.54, 1.807) is 24.4 Å². The number of allylic oxidation sites excluding steroid dienone is 1. The molecule has 354 valence electrons. The molecule has 1 unspecified atom stereocenters. The number of alkyl halides is 1. The van der Waals surface area contributed by atoms with E-state index in [1.165, 1.54) is 13.3 Å². The fourth-order valence-electron chi connectivity index (χ4n) is 10.1. The predicted molar refractivity (Wildman–Crippen MR) is 248 cm³/mol. The Morgan fingerprint density at radius 2 is 1.60 bits per heavy atom. The van der Waals surface area contributed by atoms with Gasteiger partial charge in [-0.2, -0.15) is 12.7 Å². The lowest BCUT2D eigenvalue weighted by molar-refractivity contribution is -0.125. The highest BCUT2D eigenvalue weighted by Gasteiger charge is 2.46. The van der Waals surface area contributed by atoms with Gasteiger partial charge in [0.1, 0.15) is 29.4 Å². The number of piperazine rings is 1. The van der Waals surface area contributed by atoms with Crippen LogP contribution in [0.1, 0.15) is 68.7 Å². The molecule has 0 saturated carbocycles. The number of aromatic amines is 1. The number of benzene rings is 3. The number of anilines is 3. The van der Waals surface area contributed by atoms with E-state index in [0.717, 1.165) is 90.4 Å². The summed E-state index contributed by atoms with van der Waals surface area (Å²) in [5.41, 5.74) is 2.96. The van der Waals surface area contributed by atoms with Gasteiger partial charge in [0.05, 0.1) is 29.5 Å². The maximum Gasteiger partial charge on any atom is 0.301 e. The van der Waals surface area contributed by atoms with Gasteiger partial charge >= 0.3 is 10.2 Å². The summed E-state index contributed by atoms with van der Waals surface area (Å²) in [6, 6.07) is 14.4. The number of fused-ring (bicyclic) bond motifs is 2. The summed E-state index contributed by atoms with van der Waals surface area (Å²) in [6.07, 6.45) is 4.19. The number of methoxy groups -OCH3 is 1. The molecule has 5 aromatic rings. The van der Waals surface area contributed by atoms with Crippen molar-refractivity contribution < 1.29 is 45.5 Å². The lowest BCUT2D eigenvalue weighted by Crippen LogP contribution is -2.53. The lowest BCUT2D eigenvalue weighted by Gasteiger charge is -2.44. The van der Waals surface area contributed by atoms with Crippen molar-refractivity contribution in [3.63, 3.8) is 0 Å². The molecule has 5 aliphatic heterocycles. The number of nitrogens with zero attached hydrogens (tertiary/aromatic N) is 6. The van der Waals surface area contributed by atoms with Gasteiger partial charge in [0.15, 0.2) is 5.82 Å². The van der Waals surface area contributed by atoms with Crippen molar-refractivity contribution in [3.8, 4) is 16.9 Å².